The minimum absolute atomic E-state index is 0.233. The van der Waals surface area contributed by atoms with E-state index in [-0.39, 0.29) is 5.78 Å². The van der Waals surface area contributed by atoms with Gasteiger partial charge in [0.1, 0.15) is 32.7 Å². The summed E-state index contributed by atoms with van der Waals surface area (Å²) < 4.78 is 0.698. The molecular weight excluding hydrogens is 256 g/mol. The van der Waals surface area contributed by atoms with Gasteiger partial charge in [-0.25, -0.2) is 0 Å². The van der Waals surface area contributed by atoms with E-state index in [4.69, 9.17) is 11.6 Å². The Morgan fingerprint density at radius 1 is 1.29 bits per heavy atom. The second-order valence-electron chi connectivity index (χ2n) is 4.56. The Balaban J connectivity index is 1.84. The van der Waals surface area contributed by atoms with Crippen LogP contribution in [0.15, 0.2) is 12.1 Å². The molecule has 0 spiro atoms. The van der Waals surface area contributed by atoms with Crippen LogP contribution in [-0.2, 0) is 0 Å². The average Bonchev–Trinajstić information content (AvgIpc) is 2.77. The topological polar surface area (TPSA) is 26.0 Å². The van der Waals surface area contributed by atoms with Gasteiger partial charge in [-0.05, 0) is 19.1 Å². The number of hydrogen-bond acceptors (Lipinski definition) is 2. The van der Waals surface area contributed by atoms with Crippen LogP contribution in [0.2, 0.25) is 4.34 Å². The maximum Gasteiger partial charge on any atom is 0.226 e. The van der Waals surface area contributed by atoms with E-state index in [1.807, 2.05) is 6.07 Å². The number of piperazine rings is 1. The van der Waals surface area contributed by atoms with Crippen molar-refractivity contribution in [1.82, 2.24) is 0 Å². The molecule has 2 N–H and O–H groups in total. The third-order valence-electron chi connectivity index (χ3n) is 3.42. The van der Waals surface area contributed by atoms with Crippen LogP contribution in [-0.4, -0.2) is 45.1 Å². The summed E-state index contributed by atoms with van der Waals surface area (Å²) in [6.07, 6.45) is 0. The second-order valence-corrected chi connectivity index (χ2v) is 6.27. The third-order valence-corrected chi connectivity index (χ3v) is 4.69. The summed E-state index contributed by atoms with van der Waals surface area (Å²) in [5.41, 5.74) is 0. The molecule has 1 fully saturated rings. The van der Waals surface area contributed by atoms with E-state index in [1.54, 1.807) is 11.0 Å². The van der Waals surface area contributed by atoms with E-state index in [0.717, 1.165) is 18.0 Å². The zero-order valence-corrected chi connectivity index (χ0v) is 11.7. The first kappa shape index (κ1) is 13.0. The van der Waals surface area contributed by atoms with Gasteiger partial charge in [0.25, 0.3) is 0 Å². The summed E-state index contributed by atoms with van der Waals surface area (Å²) in [5.74, 6) is 0.233. The number of ketones is 1. The lowest BCUT2D eigenvalue weighted by Gasteiger charge is -2.28. The molecule has 0 aromatic carbocycles. The van der Waals surface area contributed by atoms with Crippen LogP contribution in [0.4, 0.5) is 0 Å². The fourth-order valence-corrected chi connectivity index (χ4v) is 3.25. The molecule has 0 amide bonds. The van der Waals surface area contributed by atoms with Crippen molar-refractivity contribution in [2.24, 2.45) is 0 Å². The minimum Gasteiger partial charge on any atom is -0.326 e. The summed E-state index contributed by atoms with van der Waals surface area (Å²) in [4.78, 5) is 15.9. The van der Waals surface area contributed by atoms with Crippen molar-refractivity contribution < 1.29 is 14.6 Å². The van der Waals surface area contributed by atoms with Crippen LogP contribution in [0.1, 0.15) is 16.6 Å². The van der Waals surface area contributed by atoms with E-state index in [2.05, 4.69) is 6.92 Å². The lowest BCUT2D eigenvalue weighted by Crippen LogP contribution is -3.28. The lowest BCUT2D eigenvalue weighted by molar-refractivity contribution is -1.01. The van der Waals surface area contributed by atoms with Crippen molar-refractivity contribution in [3.63, 3.8) is 0 Å². The standard InChI is InChI=1S/C12H17ClN2OS/c1-2-14-5-7-15(8-6-14)9-10(16)11-3-4-12(13)17-11/h3-4H,2,5-9H2,1H3/p+2. The van der Waals surface area contributed by atoms with Gasteiger partial charge in [0.15, 0.2) is 0 Å². The van der Waals surface area contributed by atoms with Gasteiger partial charge >= 0.3 is 0 Å². The van der Waals surface area contributed by atoms with Crippen molar-refractivity contribution in [3.05, 3.63) is 21.3 Å². The molecular formula is C12H19ClN2OS+2. The number of halogens is 1. The number of nitrogens with one attached hydrogen (secondary N) is 2. The first-order valence-corrected chi connectivity index (χ1v) is 7.34. The predicted octanol–water partition coefficient (Wildman–Crippen LogP) is -0.612. The normalized spacial score (nSPS) is 24.8. The number of likely N-dealkylation sites (N-methyl/N-ethyl adjacent to an activating group) is 1. The molecule has 1 aliphatic rings. The third kappa shape index (κ3) is 3.52. The highest BCUT2D eigenvalue weighted by molar-refractivity contribution is 7.18. The van der Waals surface area contributed by atoms with Gasteiger partial charge in [-0.3, -0.25) is 4.79 Å². The Morgan fingerprint density at radius 3 is 2.47 bits per heavy atom. The Bertz CT molecular complexity index is 386. The zero-order chi connectivity index (χ0) is 12.3. The molecule has 3 nitrogen and oxygen atoms in total. The molecule has 0 radical (unpaired) electrons. The second kappa shape index (κ2) is 5.96. The maximum absolute atomic E-state index is 12.0. The fraction of sp³-hybridized carbons (Fsp3) is 0.583. The van der Waals surface area contributed by atoms with E-state index in [9.17, 15) is 4.79 Å². The summed E-state index contributed by atoms with van der Waals surface area (Å²) in [6, 6.07) is 3.64. The van der Waals surface area contributed by atoms with Crippen molar-refractivity contribution in [3.8, 4) is 0 Å². The van der Waals surface area contributed by atoms with Gasteiger partial charge < -0.3 is 9.80 Å². The molecule has 0 atom stereocenters. The molecule has 1 aliphatic heterocycles. The van der Waals surface area contributed by atoms with Gasteiger partial charge in [0, 0.05) is 0 Å². The minimum atomic E-state index is 0.233. The Morgan fingerprint density at radius 2 is 1.94 bits per heavy atom. The van der Waals surface area contributed by atoms with Gasteiger partial charge in [-0.15, -0.1) is 11.3 Å². The molecule has 2 rings (SSSR count). The quantitative estimate of drug-likeness (QED) is 0.704. The zero-order valence-electron chi connectivity index (χ0n) is 10.1. The number of Topliss-reactive ketones (excluding diaryl/α,β-unsaturated/α-hetero) is 1. The monoisotopic (exact) mass is 274 g/mol. The van der Waals surface area contributed by atoms with Gasteiger partial charge in [-0.1, -0.05) is 11.6 Å². The molecule has 0 unspecified atom stereocenters. The predicted molar refractivity (Wildman–Crippen MR) is 70.5 cm³/mol. The van der Waals surface area contributed by atoms with E-state index in [0.29, 0.717) is 10.9 Å². The maximum atomic E-state index is 12.0. The highest BCUT2D eigenvalue weighted by atomic mass is 35.5. The van der Waals surface area contributed by atoms with E-state index >= 15 is 0 Å². The van der Waals surface area contributed by atoms with Crippen LogP contribution < -0.4 is 9.80 Å². The van der Waals surface area contributed by atoms with Crippen LogP contribution in [0, 0.1) is 0 Å². The number of hydrogen-bond donors (Lipinski definition) is 2. The highest BCUT2D eigenvalue weighted by Gasteiger charge is 2.24. The molecule has 1 aromatic heterocycles. The lowest BCUT2D eigenvalue weighted by atomic mass is 10.2. The van der Waals surface area contributed by atoms with Crippen molar-refractivity contribution in [2.45, 2.75) is 6.92 Å². The number of thiophene rings is 1. The number of carbonyl (C=O) groups is 1. The molecule has 94 valence electrons. The summed E-state index contributed by atoms with van der Waals surface area (Å²) in [5, 5.41) is 0. The van der Waals surface area contributed by atoms with Crippen LogP contribution in [0.3, 0.4) is 0 Å². The molecule has 0 bridgehead atoms. The van der Waals surface area contributed by atoms with Crippen LogP contribution in [0.5, 0.6) is 0 Å². The molecule has 17 heavy (non-hydrogen) atoms. The number of quaternary nitrogens is 2. The highest BCUT2D eigenvalue weighted by Crippen LogP contribution is 2.21. The summed E-state index contributed by atoms with van der Waals surface area (Å²) >= 11 is 7.23. The molecule has 5 heteroatoms. The molecule has 1 saturated heterocycles. The Kier molecular flexibility index (Phi) is 4.56. The molecule has 2 heterocycles. The van der Waals surface area contributed by atoms with Gasteiger partial charge in [-0.2, -0.15) is 0 Å². The van der Waals surface area contributed by atoms with Crippen molar-refractivity contribution in [1.29, 1.82) is 0 Å². The largest absolute Gasteiger partial charge is 0.326 e. The van der Waals surface area contributed by atoms with Gasteiger partial charge in [0.05, 0.1) is 15.8 Å². The van der Waals surface area contributed by atoms with Crippen molar-refractivity contribution >= 4 is 28.7 Å². The summed E-state index contributed by atoms with van der Waals surface area (Å²) in [6.45, 7) is 8.62. The van der Waals surface area contributed by atoms with Crippen LogP contribution >= 0.6 is 22.9 Å². The summed E-state index contributed by atoms with van der Waals surface area (Å²) in [7, 11) is 0. The Hall–Kier alpha value is -0.420. The molecule has 0 aliphatic carbocycles. The molecule has 1 aromatic rings. The number of rotatable bonds is 4. The van der Waals surface area contributed by atoms with E-state index in [1.165, 1.54) is 35.9 Å². The molecule has 0 saturated carbocycles. The van der Waals surface area contributed by atoms with Gasteiger partial charge in [0.2, 0.25) is 5.78 Å². The van der Waals surface area contributed by atoms with E-state index < -0.39 is 0 Å². The SMILES string of the molecule is CC[NH+]1CC[NH+](CC(=O)c2ccc(Cl)s2)CC1. The first-order chi connectivity index (χ1) is 8.19. The number of carbonyl (C=O) groups excluding carboxylic acids is 1. The first-order valence-electron chi connectivity index (χ1n) is 6.14. The van der Waals surface area contributed by atoms with Crippen molar-refractivity contribution in [2.75, 3.05) is 39.3 Å². The smallest absolute Gasteiger partial charge is 0.226 e. The average molecular weight is 275 g/mol. The Labute approximate surface area is 111 Å². The fourth-order valence-electron chi connectivity index (χ4n) is 2.27. The van der Waals surface area contributed by atoms with Crippen LogP contribution in [0.25, 0.3) is 0 Å².